The number of fused-ring (bicyclic) bond motifs is 2. The van der Waals surface area contributed by atoms with Gasteiger partial charge in [0.05, 0.1) is 23.2 Å². The molecule has 3 aliphatic rings. The fourth-order valence-corrected chi connectivity index (χ4v) is 9.36. The monoisotopic (exact) mass is 814 g/mol. The Morgan fingerprint density at radius 3 is 2.27 bits per heavy atom. The summed E-state index contributed by atoms with van der Waals surface area (Å²) in [5.74, 6) is -0.468. The predicted molar refractivity (Wildman–Crippen MR) is 203 cm³/mol. The van der Waals surface area contributed by atoms with E-state index in [9.17, 15) is 28.5 Å². The molecule has 56 heavy (non-hydrogen) atoms. The molecule has 1 N–H and O–H groups in total. The molecule has 3 aromatic rings. The van der Waals surface area contributed by atoms with Gasteiger partial charge in [0, 0.05) is 42.1 Å². The molecule has 0 spiro atoms. The summed E-state index contributed by atoms with van der Waals surface area (Å²) in [6, 6.07) is 9.35. The molecule has 2 aromatic heterocycles. The number of nitrogens with zero attached hydrogens (tertiary/aromatic N) is 3. The van der Waals surface area contributed by atoms with Crippen LogP contribution in [0.2, 0.25) is 0 Å². The molecule has 3 atom stereocenters. The Labute approximate surface area is 328 Å². The number of likely N-dealkylation sites (tertiary alicyclic amines) is 1. The number of amides is 3. The molecule has 0 saturated carbocycles. The zero-order valence-corrected chi connectivity index (χ0v) is 33.5. The van der Waals surface area contributed by atoms with E-state index in [2.05, 4.69) is 10.3 Å². The molecule has 3 saturated heterocycles. The van der Waals surface area contributed by atoms with Crippen molar-refractivity contribution in [3.63, 3.8) is 0 Å². The number of nitrogens with one attached hydrogen (secondary N) is 1. The first-order valence-corrected chi connectivity index (χ1v) is 21.2. The summed E-state index contributed by atoms with van der Waals surface area (Å²) in [5, 5.41) is 3.61. The molecule has 0 bridgehead atoms. The molecule has 1 unspecified atom stereocenters. The number of aromatic nitrogens is 1. The van der Waals surface area contributed by atoms with E-state index in [-0.39, 0.29) is 29.9 Å². The number of carbonyl (C=O) groups excluding carboxylic acids is 5. The Kier molecular flexibility index (Phi) is 13.3. The first-order valence-electron chi connectivity index (χ1n) is 18.7. The molecular formula is C38H47N4O12PS. The largest absolute Gasteiger partial charge is 0.510 e. The number of pyridine rings is 1. The smallest absolute Gasteiger partial charge is 0.432 e. The van der Waals surface area contributed by atoms with Gasteiger partial charge in [0.25, 0.3) is 5.91 Å². The number of carbonyl (C=O) groups is 5. The molecule has 0 aliphatic carbocycles. The predicted octanol–water partition coefficient (Wildman–Crippen LogP) is 6.33. The fourth-order valence-electron chi connectivity index (χ4n) is 7.08. The van der Waals surface area contributed by atoms with Crippen molar-refractivity contribution in [2.75, 3.05) is 26.7 Å². The topological polar surface area (TPSA) is 189 Å². The minimum absolute atomic E-state index is 0.0405. The first kappa shape index (κ1) is 41.1. The fraction of sp³-hybridized carbons (Fsp3) is 0.526. The van der Waals surface area contributed by atoms with Crippen LogP contribution in [0.4, 0.5) is 9.59 Å². The summed E-state index contributed by atoms with van der Waals surface area (Å²) in [7, 11) is -4.10. The lowest BCUT2D eigenvalue weighted by molar-refractivity contribution is -0.148. The van der Waals surface area contributed by atoms with Crippen LogP contribution >= 0.6 is 18.9 Å². The van der Waals surface area contributed by atoms with E-state index in [1.54, 1.807) is 63.1 Å². The number of hydrogen-bond donors (Lipinski definition) is 1. The van der Waals surface area contributed by atoms with Gasteiger partial charge in [-0.05, 0) is 101 Å². The molecule has 0 radical (unpaired) electrons. The zero-order chi connectivity index (χ0) is 40.0. The van der Waals surface area contributed by atoms with E-state index < -0.39 is 63.7 Å². The average molecular weight is 815 g/mol. The van der Waals surface area contributed by atoms with Gasteiger partial charge in [-0.25, -0.2) is 9.59 Å². The van der Waals surface area contributed by atoms with Gasteiger partial charge in [-0.2, -0.15) is 0 Å². The van der Waals surface area contributed by atoms with Crippen molar-refractivity contribution in [3.05, 3.63) is 64.8 Å². The highest BCUT2D eigenvalue weighted by Crippen LogP contribution is 2.52. The Morgan fingerprint density at radius 1 is 0.929 bits per heavy atom. The van der Waals surface area contributed by atoms with Gasteiger partial charge in [0.15, 0.2) is 0 Å². The maximum absolute atomic E-state index is 14.0. The highest BCUT2D eigenvalue weighted by molar-refractivity contribution is 7.53. The van der Waals surface area contributed by atoms with E-state index in [0.717, 1.165) is 29.5 Å². The highest BCUT2D eigenvalue weighted by atomic mass is 32.1. The molecule has 5 heterocycles. The summed E-state index contributed by atoms with van der Waals surface area (Å²) in [6.07, 6.45) is 3.59. The van der Waals surface area contributed by atoms with Crippen LogP contribution < -0.4 is 5.32 Å². The minimum atomic E-state index is -4.10. The van der Waals surface area contributed by atoms with Crippen LogP contribution in [-0.2, 0) is 48.3 Å². The van der Waals surface area contributed by atoms with E-state index in [0.29, 0.717) is 41.8 Å². The Morgan fingerprint density at radius 2 is 1.62 bits per heavy atom. The van der Waals surface area contributed by atoms with E-state index in [4.69, 9.17) is 28.0 Å². The van der Waals surface area contributed by atoms with Crippen molar-refractivity contribution < 1.29 is 56.5 Å². The SMILES string of the molecule is CC(C)OC(=O)OCOP(=O)(Cc1ccc2sc(C(=O)N[C@H]3CCCC4CC[C@@H](C(=O)N5CC(c6cccnc6)C5)N4C3=O)cc2c1)OCOC(=O)OC(C)C. The number of ether oxygens (including phenoxy) is 4. The maximum atomic E-state index is 14.0. The number of benzene rings is 1. The van der Waals surface area contributed by atoms with Crippen LogP contribution in [0.5, 0.6) is 0 Å². The average Bonchev–Trinajstić information content (AvgIpc) is 3.71. The number of hydrogen-bond acceptors (Lipinski definition) is 14. The van der Waals surface area contributed by atoms with Gasteiger partial charge < -0.3 is 34.1 Å². The summed E-state index contributed by atoms with van der Waals surface area (Å²) >= 11 is 1.23. The maximum Gasteiger partial charge on any atom is 0.510 e. The van der Waals surface area contributed by atoms with E-state index in [1.807, 2.05) is 23.2 Å². The summed E-state index contributed by atoms with van der Waals surface area (Å²) in [6.45, 7) is 6.18. The number of rotatable bonds is 14. The van der Waals surface area contributed by atoms with Crippen LogP contribution in [0.3, 0.4) is 0 Å². The molecule has 16 nitrogen and oxygen atoms in total. The van der Waals surface area contributed by atoms with Crippen molar-refractivity contribution >= 4 is 59.1 Å². The summed E-state index contributed by atoms with van der Waals surface area (Å²) < 4.78 is 44.8. The second-order valence-electron chi connectivity index (χ2n) is 14.5. The van der Waals surface area contributed by atoms with Gasteiger partial charge in [-0.15, -0.1) is 11.3 Å². The van der Waals surface area contributed by atoms with Crippen LogP contribution in [0.25, 0.3) is 10.1 Å². The van der Waals surface area contributed by atoms with E-state index in [1.165, 1.54) is 11.3 Å². The van der Waals surface area contributed by atoms with Crippen molar-refractivity contribution in [2.24, 2.45) is 0 Å². The van der Waals surface area contributed by atoms with Gasteiger partial charge in [0.2, 0.25) is 25.4 Å². The Balaban J connectivity index is 1.09. The third-order valence-electron chi connectivity index (χ3n) is 9.72. The van der Waals surface area contributed by atoms with Crippen molar-refractivity contribution in [1.82, 2.24) is 20.1 Å². The Hall–Kier alpha value is -4.57. The van der Waals surface area contributed by atoms with Gasteiger partial charge in [-0.1, -0.05) is 12.1 Å². The van der Waals surface area contributed by atoms with Gasteiger partial charge >= 0.3 is 19.9 Å². The second kappa shape index (κ2) is 18.1. The molecule has 6 rings (SSSR count). The molecule has 1 aromatic carbocycles. The van der Waals surface area contributed by atoms with Crippen molar-refractivity contribution in [2.45, 2.75) is 102 Å². The lowest BCUT2D eigenvalue weighted by atomic mass is 9.92. The first-order chi connectivity index (χ1) is 26.8. The normalized spacial score (nSPS) is 20.0. The van der Waals surface area contributed by atoms with E-state index >= 15 is 0 Å². The van der Waals surface area contributed by atoms with Crippen LogP contribution in [0.15, 0.2) is 48.8 Å². The molecule has 3 fully saturated rings. The van der Waals surface area contributed by atoms with Gasteiger partial charge in [0.1, 0.15) is 12.1 Å². The standard InChI is InChI=1S/C38H47N4O12PS/c1-23(2)53-37(46)49-21-51-55(48,52-22-50-38(47)54-24(3)4)20-25-10-13-32-27(15-25)16-33(56-32)34(43)40-30-9-5-8-29-11-12-31(42(29)35(30)44)36(45)41-18-28(19-41)26-7-6-14-39-17-26/h6-7,10,13-17,23-24,28-31H,5,8-9,11-12,18-22H2,1-4H3,(H,40,43)/t29?,30-,31-/m0/s1. The lowest BCUT2D eigenvalue weighted by Gasteiger charge is -2.42. The summed E-state index contributed by atoms with van der Waals surface area (Å²) in [4.78, 5) is 73.1. The Bertz CT molecular complexity index is 1920. The third kappa shape index (κ3) is 10.2. The van der Waals surface area contributed by atoms with Crippen LogP contribution in [0, 0.1) is 0 Å². The quantitative estimate of drug-likeness (QED) is 0.108. The minimum Gasteiger partial charge on any atom is -0.432 e. The number of thiophene rings is 1. The van der Waals surface area contributed by atoms with Crippen LogP contribution in [-0.4, -0.2) is 102 Å². The van der Waals surface area contributed by atoms with Gasteiger partial charge in [-0.3, -0.25) is 33.0 Å². The highest BCUT2D eigenvalue weighted by Gasteiger charge is 2.47. The lowest BCUT2D eigenvalue weighted by Crippen LogP contribution is -2.58. The third-order valence-corrected chi connectivity index (χ3v) is 12.6. The van der Waals surface area contributed by atoms with Crippen molar-refractivity contribution in [3.8, 4) is 0 Å². The molecule has 3 amide bonds. The molecular weight excluding hydrogens is 767 g/mol. The van der Waals surface area contributed by atoms with Crippen molar-refractivity contribution in [1.29, 1.82) is 0 Å². The summed E-state index contributed by atoms with van der Waals surface area (Å²) in [5.41, 5.74) is 1.58. The zero-order valence-electron chi connectivity index (χ0n) is 31.8. The molecule has 302 valence electrons. The molecule has 3 aliphatic heterocycles. The second-order valence-corrected chi connectivity index (χ2v) is 17.7. The molecule has 18 heteroatoms. The van der Waals surface area contributed by atoms with Crippen LogP contribution in [0.1, 0.15) is 86.5 Å².